The van der Waals surface area contributed by atoms with E-state index in [0.29, 0.717) is 0 Å². The van der Waals surface area contributed by atoms with E-state index in [2.05, 4.69) is 23.8 Å². The molecule has 13 heavy (non-hydrogen) atoms. The molecule has 2 heterocycles. The number of rotatable bonds is 1. The second-order valence-electron chi connectivity index (χ2n) is 3.00. The van der Waals surface area contributed by atoms with Gasteiger partial charge in [0.1, 0.15) is 0 Å². The Labute approximate surface area is 81.4 Å². The van der Waals surface area contributed by atoms with Crippen molar-refractivity contribution in [2.24, 2.45) is 0 Å². The molecular formula is C9H11N3S. The number of hydrogen-bond donors (Lipinski definition) is 1. The minimum absolute atomic E-state index is 0.749. The fourth-order valence-electron chi connectivity index (χ4n) is 1.47. The van der Waals surface area contributed by atoms with E-state index in [9.17, 15) is 0 Å². The summed E-state index contributed by atoms with van der Waals surface area (Å²) in [5, 5.41) is 0. The van der Waals surface area contributed by atoms with Crippen molar-refractivity contribution in [3.63, 3.8) is 0 Å². The van der Waals surface area contributed by atoms with Crippen LogP contribution in [0.2, 0.25) is 0 Å². The predicted octanol–water partition coefficient (Wildman–Crippen LogP) is 2.42. The number of imidazole rings is 1. The van der Waals surface area contributed by atoms with Crippen molar-refractivity contribution < 1.29 is 0 Å². The van der Waals surface area contributed by atoms with Gasteiger partial charge in [0, 0.05) is 12.7 Å². The molecule has 68 valence electrons. The molecule has 0 fully saturated rings. The molecule has 4 heteroatoms. The lowest BCUT2D eigenvalue weighted by atomic mass is 10.3. The Kier molecular flexibility index (Phi) is 1.92. The van der Waals surface area contributed by atoms with Gasteiger partial charge in [-0.15, -0.1) is 0 Å². The summed E-state index contributed by atoms with van der Waals surface area (Å²) in [6.45, 7) is 4.97. The number of aromatic nitrogens is 3. The van der Waals surface area contributed by atoms with Crippen molar-refractivity contribution in [3.8, 4) is 0 Å². The number of nitrogens with zero attached hydrogens (tertiary/aromatic N) is 2. The Hall–Kier alpha value is -1.16. The normalized spacial score (nSPS) is 10.9. The standard InChI is InChI=1S/C9H11N3S/c1-3-12-8-7(11-9(12)13)6(2)4-5-10-8/h4-5H,3H2,1-2H3,(H,11,13). The third-order valence-corrected chi connectivity index (χ3v) is 2.51. The average Bonchev–Trinajstić information content (AvgIpc) is 2.43. The molecule has 0 saturated heterocycles. The van der Waals surface area contributed by atoms with E-state index < -0.39 is 0 Å². The van der Waals surface area contributed by atoms with Crippen molar-refractivity contribution in [1.29, 1.82) is 0 Å². The van der Waals surface area contributed by atoms with Crippen LogP contribution in [0.1, 0.15) is 12.5 Å². The summed E-state index contributed by atoms with van der Waals surface area (Å²) in [7, 11) is 0. The highest BCUT2D eigenvalue weighted by atomic mass is 32.1. The van der Waals surface area contributed by atoms with Gasteiger partial charge in [-0.1, -0.05) is 0 Å². The first-order valence-corrected chi connectivity index (χ1v) is 4.69. The summed E-state index contributed by atoms with van der Waals surface area (Å²) >= 11 is 5.18. The first kappa shape index (κ1) is 8.44. The molecule has 0 radical (unpaired) electrons. The first-order chi connectivity index (χ1) is 6.24. The summed E-state index contributed by atoms with van der Waals surface area (Å²) in [4.78, 5) is 7.46. The van der Waals surface area contributed by atoms with Gasteiger partial charge < -0.3 is 9.55 Å². The number of fused-ring (bicyclic) bond motifs is 1. The number of aryl methyl sites for hydroxylation is 2. The Balaban J connectivity index is 2.94. The summed E-state index contributed by atoms with van der Waals surface area (Å²) in [5.74, 6) is 0. The first-order valence-electron chi connectivity index (χ1n) is 4.28. The average molecular weight is 193 g/mol. The molecule has 0 aromatic carbocycles. The SMILES string of the molecule is CCn1c(=S)[nH]c2c(C)ccnc21. The van der Waals surface area contributed by atoms with Crippen LogP contribution in [0.4, 0.5) is 0 Å². The van der Waals surface area contributed by atoms with Crippen LogP contribution in [0.15, 0.2) is 12.3 Å². The lowest BCUT2D eigenvalue weighted by molar-refractivity contribution is 0.766. The van der Waals surface area contributed by atoms with E-state index in [4.69, 9.17) is 12.2 Å². The number of H-pyrrole nitrogens is 1. The molecule has 0 aliphatic rings. The Bertz CT molecular complexity index is 495. The van der Waals surface area contributed by atoms with Crippen molar-refractivity contribution in [3.05, 3.63) is 22.6 Å². The van der Waals surface area contributed by atoms with Crippen molar-refractivity contribution in [2.75, 3.05) is 0 Å². The van der Waals surface area contributed by atoms with E-state index in [0.717, 1.165) is 22.5 Å². The van der Waals surface area contributed by atoms with Gasteiger partial charge in [0.2, 0.25) is 0 Å². The Morgan fingerprint density at radius 2 is 2.38 bits per heavy atom. The largest absolute Gasteiger partial charge is 0.329 e. The topological polar surface area (TPSA) is 33.6 Å². The molecule has 2 aromatic rings. The van der Waals surface area contributed by atoms with E-state index in [1.54, 1.807) is 0 Å². The lowest BCUT2D eigenvalue weighted by Crippen LogP contribution is -1.94. The Morgan fingerprint density at radius 3 is 3.08 bits per heavy atom. The lowest BCUT2D eigenvalue weighted by Gasteiger charge is -1.97. The molecule has 3 nitrogen and oxygen atoms in total. The van der Waals surface area contributed by atoms with Gasteiger partial charge in [-0.2, -0.15) is 0 Å². The molecular weight excluding hydrogens is 182 g/mol. The van der Waals surface area contributed by atoms with Crippen molar-refractivity contribution in [2.45, 2.75) is 20.4 Å². The van der Waals surface area contributed by atoms with Gasteiger partial charge in [-0.3, -0.25) is 0 Å². The molecule has 0 atom stereocenters. The van der Waals surface area contributed by atoms with Crippen LogP contribution in [-0.4, -0.2) is 14.5 Å². The predicted molar refractivity (Wildman–Crippen MR) is 55.3 cm³/mol. The number of hydrogen-bond acceptors (Lipinski definition) is 2. The van der Waals surface area contributed by atoms with E-state index >= 15 is 0 Å². The number of pyridine rings is 1. The monoisotopic (exact) mass is 193 g/mol. The highest BCUT2D eigenvalue weighted by molar-refractivity contribution is 7.71. The molecule has 2 aromatic heterocycles. The van der Waals surface area contributed by atoms with Gasteiger partial charge in [-0.25, -0.2) is 4.98 Å². The minimum Gasteiger partial charge on any atom is -0.329 e. The molecule has 0 bridgehead atoms. The second-order valence-corrected chi connectivity index (χ2v) is 3.39. The van der Waals surface area contributed by atoms with Crippen molar-refractivity contribution in [1.82, 2.24) is 14.5 Å². The molecule has 0 aliphatic carbocycles. The van der Waals surface area contributed by atoms with Gasteiger partial charge in [0.15, 0.2) is 10.4 Å². The van der Waals surface area contributed by atoms with Crippen LogP contribution >= 0.6 is 12.2 Å². The van der Waals surface area contributed by atoms with Crippen molar-refractivity contribution >= 4 is 23.4 Å². The zero-order valence-corrected chi connectivity index (χ0v) is 8.48. The van der Waals surface area contributed by atoms with Crippen LogP contribution in [0.3, 0.4) is 0 Å². The molecule has 1 N–H and O–H groups in total. The maximum atomic E-state index is 5.18. The highest BCUT2D eigenvalue weighted by Crippen LogP contribution is 2.14. The quantitative estimate of drug-likeness (QED) is 0.706. The fraction of sp³-hybridized carbons (Fsp3) is 0.333. The fourth-order valence-corrected chi connectivity index (χ4v) is 1.78. The number of nitrogens with one attached hydrogen (secondary N) is 1. The van der Waals surface area contributed by atoms with Crippen LogP contribution < -0.4 is 0 Å². The highest BCUT2D eigenvalue weighted by Gasteiger charge is 2.04. The molecule has 0 spiro atoms. The summed E-state index contributed by atoms with van der Waals surface area (Å²) < 4.78 is 2.75. The van der Waals surface area contributed by atoms with Gasteiger partial charge in [0.25, 0.3) is 0 Å². The third kappa shape index (κ3) is 1.18. The zero-order valence-electron chi connectivity index (χ0n) is 7.66. The van der Waals surface area contributed by atoms with Gasteiger partial charge >= 0.3 is 0 Å². The maximum absolute atomic E-state index is 5.18. The van der Waals surface area contributed by atoms with Crippen LogP contribution in [0.5, 0.6) is 0 Å². The third-order valence-electron chi connectivity index (χ3n) is 2.19. The van der Waals surface area contributed by atoms with Gasteiger partial charge in [0.05, 0.1) is 5.52 Å². The molecule has 0 saturated carbocycles. The van der Waals surface area contributed by atoms with Crippen LogP contribution in [-0.2, 0) is 6.54 Å². The number of aromatic amines is 1. The zero-order chi connectivity index (χ0) is 9.42. The van der Waals surface area contributed by atoms with Crippen LogP contribution in [0, 0.1) is 11.7 Å². The molecule has 0 amide bonds. The summed E-state index contributed by atoms with van der Waals surface area (Å²) in [6, 6.07) is 1.98. The minimum atomic E-state index is 0.749. The molecule has 2 rings (SSSR count). The van der Waals surface area contributed by atoms with E-state index in [1.165, 1.54) is 5.56 Å². The smallest absolute Gasteiger partial charge is 0.179 e. The molecule has 0 unspecified atom stereocenters. The Morgan fingerprint density at radius 1 is 1.62 bits per heavy atom. The molecule has 0 aliphatic heterocycles. The van der Waals surface area contributed by atoms with E-state index in [1.807, 2.05) is 16.8 Å². The second kappa shape index (κ2) is 2.96. The van der Waals surface area contributed by atoms with E-state index in [-0.39, 0.29) is 0 Å². The van der Waals surface area contributed by atoms with Gasteiger partial charge in [-0.05, 0) is 37.7 Å². The maximum Gasteiger partial charge on any atom is 0.179 e. The summed E-state index contributed by atoms with van der Waals surface area (Å²) in [6.07, 6.45) is 1.81. The summed E-state index contributed by atoms with van der Waals surface area (Å²) in [5.41, 5.74) is 3.19. The van der Waals surface area contributed by atoms with Crippen LogP contribution in [0.25, 0.3) is 11.2 Å².